The molecule has 2 aliphatic carbocycles. The largest absolute Gasteiger partial charge is 0.299 e. The molecule has 2 aliphatic rings. The van der Waals surface area contributed by atoms with Gasteiger partial charge in [0.1, 0.15) is 5.78 Å². The molecule has 2 saturated carbocycles. The topological polar surface area (TPSA) is 17.1 Å². The van der Waals surface area contributed by atoms with E-state index in [4.69, 9.17) is 0 Å². The minimum absolute atomic E-state index is 0.297. The molecule has 0 saturated heterocycles. The molecule has 0 N–H and O–H groups in total. The summed E-state index contributed by atoms with van der Waals surface area (Å²) in [6.07, 6.45) is 12.8. The summed E-state index contributed by atoms with van der Waals surface area (Å²) in [6.45, 7) is 6.96. The van der Waals surface area contributed by atoms with E-state index in [2.05, 4.69) is 32.9 Å². The minimum atomic E-state index is 0.297. The van der Waals surface area contributed by atoms with Crippen LogP contribution in [0.25, 0.3) is 0 Å². The summed E-state index contributed by atoms with van der Waals surface area (Å²) < 4.78 is 0. The molecule has 1 nitrogen and oxygen atoms in total. The SMILES string of the molecule is CCC/C=C/[C@@H](C)[C@H]1CC[C@H]2C(=O)CCC[C@]12C. The molecular weight excluding hydrogens is 220 g/mol. The zero-order valence-electron chi connectivity index (χ0n) is 12.2. The van der Waals surface area contributed by atoms with Crippen molar-refractivity contribution in [2.24, 2.45) is 23.2 Å². The van der Waals surface area contributed by atoms with E-state index in [1.807, 2.05) is 0 Å². The van der Waals surface area contributed by atoms with Crippen LogP contribution in [0.15, 0.2) is 12.2 Å². The molecule has 4 atom stereocenters. The zero-order valence-corrected chi connectivity index (χ0v) is 12.2. The number of carbonyl (C=O) groups excluding carboxylic acids is 1. The molecule has 18 heavy (non-hydrogen) atoms. The molecule has 2 fully saturated rings. The summed E-state index contributed by atoms with van der Waals surface area (Å²) in [6, 6.07) is 0. The second kappa shape index (κ2) is 5.59. The number of hydrogen-bond acceptors (Lipinski definition) is 1. The first-order valence-corrected chi connectivity index (χ1v) is 7.79. The quantitative estimate of drug-likeness (QED) is 0.655. The van der Waals surface area contributed by atoms with Gasteiger partial charge in [0.25, 0.3) is 0 Å². The van der Waals surface area contributed by atoms with Gasteiger partial charge >= 0.3 is 0 Å². The number of allylic oxidation sites excluding steroid dienone is 2. The maximum Gasteiger partial charge on any atom is 0.136 e. The smallest absolute Gasteiger partial charge is 0.136 e. The lowest BCUT2D eigenvalue weighted by Crippen LogP contribution is -2.39. The molecule has 0 heterocycles. The van der Waals surface area contributed by atoms with E-state index in [9.17, 15) is 4.79 Å². The van der Waals surface area contributed by atoms with Crippen molar-refractivity contribution in [1.29, 1.82) is 0 Å². The van der Waals surface area contributed by atoms with Gasteiger partial charge in [-0.05, 0) is 49.4 Å². The summed E-state index contributed by atoms with van der Waals surface area (Å²) >= 11 is 0. The normalized spacial score (nSPS) is 38.1. The molecule has 2 rings (SSSR count). The van der Waals surface area contributed by atoms with Gasteiger partial charge in [-0.1, -0.05) is 39.3 Å². The van der Waals surface area contributed by atoms with E-state index in [-0.39, 0.29) is 0 Å². The molecule has 0 amide bonds. The average molecular weight is 248 g/mol. The zero-order chi connectivity index (χ0) is 13.2. The van der Waals surface area contributed by atoms with Crippen LogP contribution in [-0.2, 0) is 4.79 Å². The van der Waals surface area contributed by atoms with Crippen LogP contribution >= 0.6 is 0 Å². The van der Waals surface area contributed by atoms with Gasteiger partial charge in [-0.25, -0.2) is 0 Å². The third-order valence-corrected chi connectivity index (χ3v) is 5.47. The Morgan fingerprint density at radius 3 is 2.94 bits per heavy atom. The van der Waals surface area contributed by atoms with E-state index >= 15 is 0 Å². The maximum absolute atomic E-state index is 12.1. The number of Topliss-reactive ketones (excluding diaryl/α,β-unsaturated/α-hetero) is 1. The Hall–Kier alpha value is -0.590. The van der Waals surface area contributed by atoms with Gasteiger partial charge in [0.15, 0.2) is 0 Å². The van der Waals surface area contributed by atoms with Gasteiger partial charge in [0.05, 0.1) is 0 Å². The fourth-order valence-corrected chi connectivity index (χ4v) is 4.45. The predicted octanol–water partition coefficient (Wildman–Crippen LogP) is 4.76. The van der Waals surface area contributed by atoms with E-state index in [1.54, 1.807) is 0 Å². The third kappa shape index (κ3) is 2.41. The van der Waals surface area contributed by atoms with Gasteiger partial charge in [-0.2, -0.15) is 0 Å². The minimum Gasteiger partial charge on any atom is -0.299 e. The molecular formula is C17H28O. The van der Waals surface area contributed by atoms with Crippen LogP contribution in [0.5, 0.6) is 0 Å². The number of rotatable bonds is 4. The molecule has 0 spiro atoms. The average Bonchev–Trinajstić information content (AvgIpc) is 2.68. The molecule has 102 valence electrons. The van der Waals surface area contributed by atoms with Crippen molar-refractivity contribution in [2.75, 3.05) is 0 Å². The van der Waals surface area contributed by atoms with Gasteiger partial charge in [-0.3, -0.25) is 4.79 Å². The van der Waals surface area contributed by atoms with Crippen molar-refractivity contribution < 1.29 is 4.79 Å². The van der Waals surface area contributed by atoms with Gasteiger partial charge in [0.2, 0.25) is 0 Å². The molecule has 0 bridgehead atoms. The van der Waals surface area contributed by atoms with Gasteiger partial charge in [0, 0.05) is 12.3 Å². The van der Waals surface area contributed by atoms with Crippen molar-refractivity contribution in [3.8, 4) is 0 Å². The highest BCUT2D eigenvalue weighted by Gasteiger charge is 2.51. The predicted molar refractivity (Wildman–Crippen MR) is 76.4 cm³/mol. The molecule has 0 radical (unpaired) electrons. The number of unbranched alkanes of at least 4 members (excludes halogenated alkanes) is 1. The van der Waals surface area contributed by atoms with Crippen molar-refractivity contribution >= 4 is 5.78 Å². The van der Waals surface area contributed by atoms with Crippen LogP contribution in [-0.4, -0.2) is 5.78 Å². The molecule has 0 aromatic carbocycles. The molecule has 0 unspecified atom stereocenters. The lowest BCUT2D eigenvalue weighted by Gasteiger charge is -2.41. The Kier molecular flexibility index (Phi) is 4.29. The standard InChI is InChI=1S/C17H28O/c1-4-5-6-8-13(2)14-10-11-15-16(18)9-7-12-17(14,15)3/h6,8,13-15H,4-5,7,9-12H2,1-3H3/b8-6+/t13-,14-,15+,17-/m1/s1. The Bertz CT molecular complexity index is 331. The first-order valence-electron chi connectivity index (χ1n) is 7.79. The van der Waals surface area contributed by atoms with Crippen molar-refractivity contribution in [1.82, 2.24) is 0 Å². The Morgan fingerprint density at radius 2 is 2.22 bits per heavy atom. The van der Waals surface area contributed by atoms with Crippen LogP contribution in [0, 0.1) is 23.2 Å². The lowest BCUT2D eigenvalue weighted by molar-refractivity contribution is -0.129. The van der Waals surface area contributed by atoms with Crippen molar-refractivity contribution in [2.45, 2.75) is 65.7 Å². The number of carbonyl (C=O) groups is 1. The Balaban J connectivity index is 2.08. The van der Waals surface area contributed by atoms with Crippen LogP contribution in [0.4, 0.5) is 0 Å². The summed E-state index contributed by atoms with van der Waals surface area (Å²) in [4.78, 5) is 12.1. The van der Waals surface area contributed by atoms with E-state index in [0.29, 0.717) is 23.0 Å². The monoisotopic (exact) mass is 248 g/mol. The lowest BCUT2D eigenvalue weighted by atomic mass is 9.62. The summed E-state index contributed by atoms with van der Waals surface area (Å²) in [5.74, 6) is 2.28. The summed E-state index contributed by atoms with van der Waals surface area (Å²) in [7, 11) is 0. The fraction of sp³-hybridized carbons (Fsp3) is 0.824. The first-order chi connectivity index (χ1) is 8.59. The van der Waals surface area contributed by atoms with E-state index in [1.165, 1.54) is 25.7 Å². The third-order valence-electron chi connectivity index (χ3n) is 5.47. The summed E-state index contributed by atoms with van der Waals surface area (Å²) in [5, 5.41) is 0. The molecule has 1 heteroatoms. The second-order valence-corrected chi connectivity index (χ2v) is 6.64. The Labute approximate surface area is 112 Å². The fourth-order valence-electron chi connectivity index (χ4n) is 4.45. The number of fused-ring (bicyclic) bond motifs is 1. The highest BCUT2D eigenvalue weighted by molar-refractivity contribution is 5.83. The first kappa shape index (κ1) is 13.8. The van der Waals surface area contributed by atoms with Crippen molar-refractivity contribution in [3.05, 3.63) is 12.2 Å². The maximum atomic E-state index is 12.1. The highest BCUT2D eigenvalue weighted by atomic mass is 16.1. The van der Waals surface area contributed by atoms with Gasteiger partial charge in [-0.15, -0.1) is 0 Å². The Morgan fingerprint density at radius 1 is 1.44 bits per heavy atom. The van der Waals surface area contributed by atoms with E-state index < -0.39 is 0 Å². The van der Waals surface area contributed by atoms with Gasteiger partial charge < -0.3 is 0 Å². The van der Waals surface area contributed by atoms with Crippen LogP contribution in [0.1, 0.15) is 65.7 Å². The van der Waals surface area contributed by atoms with Crippen LogP contribution < -0.4 is 0 Å². The molecule has 0 aliphatic heterocycles. The molecule has 0 aromatic rings. The molecule has 0 aromatic heterocycles. The highest BCUT2D eigenvalue weighted by Crippen LogP contribution is 2.56. The van der Waals surface area contributed by atoms with E-state index in [0.717, 1.165) is 25.2 Å². The van der Waals surface area contributed by atoms with Crippen LogP contribution in [0.2, 0.25) is 0 Å². The number of hydrogen-bond donors (Lipinski definition) is 0. The summed E-state index contributed by atoms with van der Waals surface area (Å²) in [5.41, 5.74) is 0.297. The van der Waals surface area contributed by atoms with Crippen molar-refractivity contribution in [3.63, 3.8) is 0 Å². The van der Waals surface area contributed by atoms with Crippen LogP contribution in [0.3, 0.4) is 0 Å². The number of ketones is 1. The second-order valence-electron chi connectivity index (χ2n) is 6.64.